The van der Waals surface area contributed by atoms with Gasteiger partial charge in [-0.3, -0.25) is 0 Å². The Balaban J connectivity index is 2.45. The maximum absolute atomic E-state index is 13.0. The third kappa shape index (κ3) is 1.69. The van der Waals surface area contributed by atoms with Crippen LogP contribution in [0.5, 0.6) is 0 Å². The minimum Gasteiger partial charge on any atom is -0.384 e. The number of halogens is 4. The Kier molecular flexibility index (Phi) is 2.66. The van der Waals surface area contributed by atoms with Crippen molar-refractivity contribution in [2.45, 2.75) is 18.2 Å². The lowest BCUT2D eigenvalue weighted by atomic mass is 9.97. The van der Waals surface area contributed by atoms with E-state index in [1.165, 1.54) is 6.07 Å². The van der Waals surface area contributed by atoms with Gasteiger partial charge in [0.25, 0.3) is 5.60 Å². The maximum atomic E-state index is 13.0. The van der Waals surface area contributed by atoms with E-state index in [-0.39, 0.29) is 10.7 Å². The largest absolute Gasteiger partial charge is 0.436 e. The van der Waals surface area contributed by atoms with Gasteiger partial charge in [0.1, 0.15) is 5.84 Å². The Bertz CT molecular complexity index is 445. The van der Waals surface area contributed by atoms with E-state index in [0.29, 0.717) is 4.47 Å². The molecule has 1 aromatic heterocycles. The first-order valence-corrected chi connectivity index (χ1v) is 5.84. The first-order chi connectivity index (χ1) is 7.35. The van der Waals surface area contributed by atoms with Gasteiger partial charge in [-0.25, -0.2) is 0 Å². The molecule has 1 aliphatic heterocycles. The normalized spacial score (nSPS) is 25.4. The van der Waals surface area contributed by atoms with E-state index in [1.54, 1.807) is 5.38 Å². The first kappa shape index (κ1) is 11.7. The van der Waals surface area contributed by atoms with E-state index >= 15 is 0 Å². The van der Waals surface area contributed by atoms with Crippen LogP contribution in [0.1, 0.15) is 11.3 Å². The molecule has 0 radical (unpaired) electrons. The lowest BCUT2D eigenvalue weighted by molar-refractivity contribution is -0.274. The predicted octanol–water partition coefficient (Wildman–Crippen LogP) is 2.96. The van der Waals surface area contributed by atoms with Gasteiger partial charge < -0.3 is 10.6 Å². The lowest BCUT2D eigenvalue weighted by Gasteiger charge is -2.27. The fraction of sp³-hybridized carbons (Fsp3) is 0.375. The lowest BCUT2D eigenvalue weighted by Crippen LogP contribution is -2.42. The van der Waals surface area contributed by atoms with E-state index in [1.807, 2.05) is 0 Å². The van der Waals surface area contributed by atoms with Gasteiger partial charge in [0.15, 0.2) is 0 Å². The molecule has 1 aromatic rings. The van der Waals surface area contributed by atoms with E-state index in [4.69, 9.17) is 5.73 Å². The minimum atomic E-state index is -4.55. The quantitative estimate of drug-likeness (QED) is 0.866. The molecule has 1 unspecified atom stereocenters. The van der Waals surface area contributed by atoms with Crippen molar-refractivity contribution in [1.29, 1.82) is 0 Å². The molecule has 0 spiro atoms. The molecule has 16 heavy (non-hydrogen) atoms. The van der Waals surface area contributed by atoms with Crippen molar-refractivity contribution in [3.05, 3.63) is 20.8 Å². The molecule has 0 aromatic carbocycles. The highest BCUT2D eigenvalue weighted by Crippen LogP contribution is 2.49. The second-order valence-corrected chi connectivity index (χ2v) is 5.13. The molecule has 2 rings (SSSR count). The van der Waals surface area contributed by atoms with Crippen LogP contribution >= 0.6 is 27.3 Å². The fourth-order valence-electron chi connectivity index (χ4n) is 1.40. The molecular weight excluding hydrogens is 309 g/mol. The van der Waals surface area contributed by atoms with Crippen LogP contribution in [0.25, 0.3) is 0 Å². The van der Waals surface area contributed by atoms with Crippen molar-refractivity contribution in [2.75, 3.05) is 0 Å². The summed E-state index contributed by atoms with van der Waals surface area (Å²) in [5.41, 5.74) is 2.85. The van der Waals surface area contributed by atoms with Crippen LogP contribution in [0.2, 0.25) is 0 Å². The van der Waals surface area contributed by atoms with Gasteiger partial charge >= 0.3 is 6.18 Å². The number of hydrogen-bond acceptors (Lipinski definition) is 4. The van der Waals surface area contributed by atoms with Gasteiger partial charge in [-0.15, -0.1) is 11.3 Å². The van der Waals surface area contributed by atoms with Gasteiger partial charge in [0.2, 0.25) is 0 Å². The first-order valence-electron chi connectivity index (χ1n) is 4.17. The minimum absolute atomic E-state index is 0.0380. The summed E-state index contributed by atoms with van der Waals surface area (Å²) in [7, 11) is 0. The molecule has 2 N–H and O–H groups in total. The van der Waals surface area contributed by atoms with Crippen molar-refractivity contribution in [1.82, 2.24) is 0 Å². The second kappa shape index (κ2) is 3.63. The van der Waals surface area contributed by atoms with Gasteiger partial charge in [-0.1, -0.05) is 5.16 Å². The van der Waals surface area contributed by atoms with E-state index in [2.05, 4.69) is 25.9 Å². The van der Waals surface area contributed by atoms with Crippen LogP contribution < -0.4 is 5.73 Å². The Labute approximate surface area is 101 Å². The number of hydrogen-bond donors (Lipinski definition) is 1. The molecule has 1 aliphatic rings. The molecule has 88 valence electrons. The predicted molar refractivity (Wildman–Crippen MR) is 57.1 cm³/mol. The van der Waals surface area contributed by atoms with Crippen molar-refractivity contribution in [3.8, 4) is 0 Å². The molecule has 0 aliphatic carbocycles. The van der Waals surface area contributed by atoms with Crippen LogP contribution in [0.4, 0.5) is 13.2 Å². The summed E-state index contributed by atoms with van der Waals surface area (Å²) >= 11 is 4.06. The van der Waals surface area contributed by atoms with Crippen LogP contribution in [0, 0.1) is 0 Å². The Morgan fingerprint density at radius 3 is 2.62 bits per heavy atom. The zero-order valence-corrected chi connectivity index (χ0v) is 10.1. The molecule has 0 fully saturated rings. The summed E-state index contributed by atoms with van der Waals surface area (Å²) in [5.74, 6) is -0.151. The number of nitrogens with two attached hydrogens (primary N) is 1. The highest BCUT2D eigenvalue weighted by molar-refractivity contribution is 9.10. The third-order valence-electron chi connectivity index (χ3n) is 2.17. The van der Waals surface area contributed by atoms with Gasteiger partial charge in [0, 0.05) is 9.85 Å². The molecular formula is C8H6BrF3N2OS. The van der Waals surface area contributed by atoms with Crippen LogP contribution in [0.3, 0.4) is 0 Å². The smallest absolute Gasteiger partial charge is 0.384 e. The highest BCUT2D eigenvalue weighted by atomic mass is 79.9. The van der Waals surface area contributed by atoms with Crippen molar-refractivity contribution in [3.63, 3.8) is 0 Å². The molecule has 2 heterocycles. The number of amidine groups is 1. The third-order valence-corrected chi connectivity index (χ3v) is 4.01. The Morgan fingerprint density at radius 2 is 2.25 bits per heavy atom. The van der Waals surface area contributed by atoms with Crippen LogP contribution in [0.15, 0.2) is 21.1 Å². The molecule has 3 nitrogen and oxygen atoms in total. The SMILES string of the molecule is NC1=NOC(c2cc(Br)cs2)(C(F)(F)F)C1. The highest BCUT2D eigenvalue weighted by Gasteiger charge is 2.62. The topological polar surface area (TPSA) is 47.6 Å². The van der Waals surface area contributed by atoms with E-state index in [9.17, 15) is 13.2 Å². The summed E-state index contributed by atoms with van der Waals surface area (Å²) in [6.45, 7) is 0. The maximum Gasteiger partial charge on any atom is 0.436 e. The summed E-state index contributed by atoms with van der Waals surface area (Å²) in [6, 6.07) is 1.37. The standard InChI is InChI=1S/C8H6BrF3N2OS/c9-4-1-5(16-3-4)7(8(10,11)12)2-6(13)14-15-7/h1,3H,2H2,(H2,13,14). The Hall–Kier alpha value is -0.760. The van der Waals surface area contributed by atoms with Crippen molar-refractivity contribution < 1.29 is 18.0 Å². The summed E-state index contributed by atoms with van der Waals surface area (Å²) in [4.78, 5) is 4.58. The van der Waals surface area contributed by atoms with Crippen molar-refractivity contribution >= 4 is 33.1 Å². The molecule has 0 saturated heterocycles. The summed E-state index contributed by atoms with van der Waals surface area (Å²) in [6.07, 6.45) is -5.02. The zero-order valence-electron chi connectivity index (χ0n) is 7.71. The van der Waals surface area contributed by atoms with Crippen LogP contribution in [-0.4, -0.2) is 12.0 Å². The summed E-state index contributed by atoms with van der Waals surface area (Å²) < 4.78 is 39.6. The molecule has 0 saturated carbocycles. The van der Waals surface area contributed by atoms with Crippen molar-refractivity contribution in [2.24, 2.45) is 10.9 Å². The average Bonchev–Trinajstić information content (AvgIpc) is 2.71. The average molecular weight is 315 g/mol. The number of thiophene rings is 1. The number of nitrogens with zero attached hydrogens (tertiary/aromatic N) is 1. The summed E-state index contributed by atoms with van der Waals surface area (Å²) in [5, 5.41) is 4.76. The zero-order chi connectivity index (χ0) is 12.0. The second-order valence-electron chi connectivity index (χ2n) is 3.30. The number of alkyl halides is 3. The Morgan fingerprint density at radius 1 is 1.56 bits per heavy atom. The molecule has 0 bridgehead atoms. The fourth-order valence-corrected chi connectivity index (χ4v) is 2.98. The van der Waals surface area contributed by atoms with Gasteiger partial charge in [-0.05, 0) is 22.0 Å². The van der Waals surface area contributed by atoms with Crippen LogP contribution in [-0.2, 0) is 10.4 Å². The van der Waals surface area contributed by atoms with E-state index < -0.39 is 18.2 Å². The molecule has 8 heteroatoms. The molecule has 1 atom stereocenters. The molecule has 0 amide bonds. The van der Waals surface area contributed by atoms with Gasteiger partial charge in [0.05, 0.1) is 11.3 Å². The monoisotopic (exact) mass is 314 g/mol. The van der Waals surface area contributed by atoms with E-state index in [0.717, 1.165) is 11.3 Å². The van der Waals surface area contributed by atoms with Gasteiger partial charge in [-0.2, -0.15) is 13.2 Å². The number of rotatable bonds is 1. The number of oxime groups is 1.